The van der Waals surface area contributed by atoms with E-state index in [9.17, 15) is 8.78 Å². The van der Waals surface area contributed by atoms with Crippen molar-refractivity contribution in [3.8, 4) is 11.8 Å². The molecule has 0 bridgehead atoms. The number of alkyl halides is 2. The van der Waals surface area contributed by atoms with E-state index >= 15 is 0 Å². The van der Waals surface area contributed by atoms with E-state index in [0.29, 0.717) is 24.5 Å². The molecule has 0 amide bonds. The molecule has 0 unspecified atom stereocenters. The maximum absolute atomic E-state index is 12.0. The van der Waals surface area contributed by atoms with Crippen LogP contribution in [0, 0.1) is 11.3 Å². The maximum Gasteiger partial charge on any atom is 0.251 e. The molecule has 0 saturated carbocycles. The summed E-state index contributed by atoms with van der Waals surface area (Å²) in [6.07, 6.45) is -2.32. The van der Waals surface area contributed by atoms with E-state index in [2.05, 4.69) is 0 Å². The Morgan fingerprint density at radius 3 is 2.53 bits per heavy atom. The fraction of sp³-hybridized carbons (Fsp3) is 0.417. The van der Waals surface area contributed by atoms with Gasteiger partial charge in [-0.25, -0.2) is 8.78 Å². The van der Waals surface area contributed by atoms with Crippen LogP contribution in [0.4, 0.5) is 8.78 Å². The predicted molar refractivity (Wildman–Crippen MR) is 60.2 cm³/mol. The second kappa shape index (κ2) is 6.81. The molecule has 1 aromatic carbocycles. The minimum absolute atomic E-state index is 0.253. The third-order valence-electron chi connectivity index (χ3n) is 2.17. The van der Waals surface area contributed by atoms with Gasteiger partial charge in [-0.05, 0) is 31.3 Å². The van der Waals surface area contributed by atoms with Gasteiger partial charge in [0.2, 0.25) is 0 Å². The summed E-state index contributed by atoms with van der Waals surface area (Å²) >= 11 is 0. The average Bonchev–Trinajstić information content (AvgIpc) is 2.29. The van der Waals surface area contributed by atoms with Gasteiger partial charge in [0.1, 0.15) is 12.4 Å². The van der Waals surface area contributed by atoms with Crippen molar-refractivity contribution in [2.75, 3.05) is 26.7 Å². The van der Waals surface area contributed by atoms with Crippen molar-refractivity contribution in [2.24, 2.45) is 0 Å². The maximum atomic E-state index is 12.0. The summed E-state index contributed by atoms with van der Waals surface area (Å²) in [5, 5.41) is 8.59. The Bertz CT molecular complexity index is 373. The van der Waals surface area contributed by atoms with Gasteiger partial charge in [0.15, 0.2) is 0 Å². The number of ether oxygens (including phenoxy) is 1. The third-order valence-corrected chi connectivity index (χ3v) is 2.17. The Hall–Kier alpha value is -1.67. The normalized spacial score (nSPS) is 10.6. The lowest BCUT2D eigenvalue weighted by molar-refractivity contribution is 0.0935. The largest absolute Gasteiger partial charge is 0.492 e. The van der Waals surface area contributed by atoms with Crippen molar-refractivity contribution >= 4 is 0 Å². The molecule has 3 nitrogen and oxygen atoms in total. The van der Waals surface area contributed by atoms with Crippen molar-refractivity contribution in [1.82, 2.24) is 4.90 Å². The zero-order valence-corrected chi connectivity index (χ0v) is 9.57. The van der Waals surface area contributed by atoms with Gasteiger partial charge in [0.25, 0.3) is 6.43 Å². The van der Waals surface area contributed by atoms with Crippen molar-refractivity contribution in [3.05, 3.63) is 29.8 Å². The van der Waals surface area contributed by atoms with Crippen LogP contribution < -0.4 is 4.74 Å². The highest BCUT2D eigenvalue weighted by Crippen LogP contribution is 2.11. The summed E-state index contributed by atoms with van der Waals surface area (Å²) in [7, 11) is 1.62. The molecule has 0 atom stereocenters. The Labute approximate surface area is 99.2 Å². The van der Waals surface area contributed by atoms with E-state index in [1.807, 2.05) is 6.07 Å². The van der Waals surface area contributed by atoms with Gasteiger partial charge >= 0.3 is 0 Å². The summed E-state index contributed by atoms with van der Waals surface area (Å²) in [5.74, 6) is 0.634. The van der Waals surface area contributed by atoms with Crippen molar-refractivity contribution in [2.45, 2.75) is 6.43 Å². The van der Waals surface area contributed by atoms with Gasteiger partial charge < -0.3 is 4.74 Å². The summed E-state index contributed by atoms with van der Waals surface area (Å²) in [6.45, 7) is 0.524. The first kappa shape index (κ1) is 13.4. The molecule has 0 aliphatic carbocycles. The van der Waals surface area contributed by atoms with Gasteiger partial charge in [-0.15, -0.1) is 0 Å². The van der Waals surface area contributed by atoms with Gasteiger partial charge in [-0.2, -0.15) is 5.26 Å². The van der Waals surface area contributed by atoms with Gasteiger partial charge in [-0.1, -0.05) is 0 Å². The molecule has 0 N–H and O–H groups in total. The Balaban J connectivity index is 2.28. The van der Waals surface area contributed by atoms with E-state index in [4.69, 9.17) is 10.00 Å². The van der Waals surface area contributed by atoms with E-state index < -0.39 is 6.43 Å². The SMILES string of the molecule is CN(CCOc1ccc(C#N)cc1)CC(F)F. The smallest absolute Gasteiger partial charge is 0.251 e. The zero-order chi connectivity index (χ0) is 12.7. The molecule has 0 aliphatic heterocycles. The van der Waals surface area contributed by atoms with Crippen LogP contribution in [0.25, 0.3) is 0 Å². The molecule has 0 spiro atoms. The lowest BCUT2D eigenvalue weighted by Gasteiger charge is -2.16. The monoisotopic (exact) mass is 240 g/mol. The molecule has 17 heavy (non-hydrogen) atoms. The highest BCUT2D eigenvalue weighted by molar-refractivity contribution is 5.34. The molecule has 1 aromatic rings. The number of rotatable bonds is 6. The average molecular weight is 240 g/mol. The molecule has 0 heterocycles. The number of benzene rings is 1. The van der Waals surface area contributed by atoms with Crippen LogP contribution >= 0.6 is 0 Å². The standard InChI is InChI=1S/C12H14F2N2O/c1-16(9-12(13)14)6-7-17-11-4-2-10(8-15)3-5-11/h2-5,12H,6-7,9H2,1H3. The Morgan fingerprint density at radius 1 is 1.35 bits per heavy atom. The van der Waals surface area contributed by atoms with Crippen molar-refractivity contribution in [3.63, 3.8) is 0 Å². The highest BCUT2D eigenvalue weighted by atomic mass is 19.3. The third kappa shape index (κ3) is 5.27. The molecule has 92 valence electrons. The predicted octanol–water partition coefficient (Wildman–Crippen LogP) is 2.13. The first-order valence-corrected chi connectivity index (χ1v) is 5.21. The molecule has 0 saturated heterocycles. The summed E-state index contributed by atoms with van der Waals surface area (Å²) in [6, 6.07) is 8.68. The molecular formula is C12H14F2N2O. The molecule has 1 rings (SSSR count). The van der Waals surface area contributed by atoms with Gasteiger partial charge in [0, 0.05) is 6.54 Å². The first-order valence-electron chi connectivity index (χ1n) is 5.21. The molecule has 5 heteroatoms. The molecule has 0 fully saturated rings. The highest BCUT2D eigenvalue weighted by Gasteiger charge is 2.07. The number of halogens is 2. The topological polar surface area (TPSA) is 36.3 Å². The van der Waals surface area contributed by atoms with Crippen LogP contribution in [0.15, 0.2) is 24.3 Å². The summed E-state index contributed by atoms with van der Waals surface area (Å²) < 4.78 is 29.4. The van der Waals surface area contributed by atoms with E-state index in [-0.39, 0.29) is 6.54 Å². The second-order valence-electron chi connectivity index (χ2n) is 3.64. The number of likely N-dealkylation sites (N-methyl/N-ethyl adjacent to an activating group) is 1. The van der Waals surface area contributed by atoms with Crippen LogP contribution in [-0.2, 0) is 0 Å². The van der Waals surface area contributed by atoms with E-state index in [1.54, 1.807) is 31.3 Å². The first-order chi connectivity index (χ1) is 8.11. The number of hydrogen-bond acceptors (Lipinski definition) is 3. The molecule has 0 radical (unpaired) electrons. The molecule has 0 aromatic heterocycles. The molecular weight excluding hydrogens is 226 g/mol. The van der Waals surface area contributed by atoms with E-state index in [0.717, 1.165) is 0 Å². The number of hydrogen-bond donors (Lipinski definition) is 0. The second-order valence-corrected chi connectivity index (χ2v) is 3.64. The van der Waals surface area contributed by atoms with Gasteiger partial charge in [0.05, 0.1) is 18.2 Å². The van der Waals surface area contributed by atoms with Crippen molar-refractivity contribution < 1.29 is 13.5 Å². The number of nitriles is 1. The Kier molecular flexibility index (Phi) is 5.37. The number of nitrogens with zero attached hydrogens (tertiary/aromatic N) is 2. The van der Waals surface area contributed by atoms with Crippen LogP contribution in [0.3, 0.4) is 0 Å². The van der Waals surface area contributed by atoms with Crippen LogP contribution in [0.5, 0.6) is 5.75 Å². The zero-order valence-electron chi connectivity index (χ0n) is 9.57. The summed E-state index contributed by atoms with van der Waals surface area (Å²) in [4.78, 5) is 1.51. The van der Waals surface area contributed by atoms with Crippen LogP contribution in [0.1, 0.15) is 5.56 Å². The van der Waals surface area contributed by atoms with Crippen LogP contribution in [-0.4, -0.2) is 38.1 Å². The minimum Gasteiger partial charge on any atom is -0.492 e. The lowest BCUT2D eigenvalue weighted by Crippen LogP contribution is -2.28. The van der Waals surface area contributed by atoms with Gasteiger partial charge in [-0.3, -0.25) is 4.90 Å². The van der Waals surface area contributed by atoms with E-state index in [1.165, 1.54) is 4.90 Å². The summed E-state index contributed by atoms with van der Waals surface area (Å²) in [5.41, 5.74) is 0.562. The molecule has 0 aliphatic rings. The quantitative estimate of drug-likeness (QED) is 0.764. The fourth-order valence-corrected chi connectivity index (χ4v) is 1.27. The Morgan fingerprint density at radius 2 is 2.00 bits per heavy atom. The van der Waals surface area contributed by atoms with Crippen LogP contribution in [0.2, 0.25) is 0 Å². The lowest BCUT2D eigenvalue weighted by atomic mass is 10.2. The fourth-order valence-electron chi connectivity index (χ4n) is 1.27. The van der Waals surface area contributed by atoms with Crippen molar-refractivity contribution in [1.29, 1.82) is 5.26 Å². The minimum atomic E-state index is -2.32.